The molecular formula is C26H36N6O5. The van der Waals surface area contributed by atoms with Crippen LogP contribution >= 0.6 is 0 Å². The molecule has 0 saturated carbocycles. The lowest BCUT2D eigenvalue weighted by atomic mass is 9.66. The van der Waals surface area contributed by atoms with Gasteiger partial charge in [0.15, 0.2) is 0 Å². The van der Waals surface area contributed by atoms with Gasteiger partial charge in [0, 0.05) is 6.54 Å². The van der Waals surface area contributed by atoms with E-state index >= 15 is 0 Å². The van der Waals surface area contributed by atoms with Crippen LogP contribution in [0.15, 0.2) is 24.3 Å². The zero-order chi connectivity index (χ0) is 26.5. The average molecular weight is 513 g/mol. The van der Waals surface area contributed by atoms with Gasteiger partial charge < -0.3 is 25.4 Å². The van der Waals surface area contributed by atoms with E-state index in [0.717, 1.165) is 11.9 Å². The third kappa shape index (κ3) is 3.82. The summed E-state index contributed by atoms with van der Waals surface area (Å²) in [6.45, 7) is 7.91. The summed E-state index contributed by atoms with van der Waals surface area (Å²) in [5.41, 5.74) is -0.499. The van der Waals surface area contributed by atoms with Crippen LogP contribution in [0.4, 0.5) is 0 Å². The van der Waals surface area contributed by atoms with E-state index in [2.05, 4.69) is 20.9 Å². The second-order valence-corrected chi connectivity index (χ2v) is 11.0. The summed E-state index contributed by atoms with van der Waals surface area (Å²) in [6, 6.07) is 5.87. The average Bonchev–Trinajstić information content (AvgIpc) is 3.57. The number of hydrogen-bond donors (Lipinski definition) is 3. The lowest BCUT2D eigenvalue weighted by molar-refractivity contribution is -0.151. The highest BCUT2D eigenvalue weighted by atomic mass is 16.5. The molecule has 3 fully saturated rings. The molecule has 6 atom stereocenters. The van der Waals surface area contributed by atoms with Crippen molar-refractivity contribution in [2.24, 2.45) is 17.8 Å². The highest BCUT2D eigenvalue weighted by Gasteiger charge is 2.78. The molecule has 2 unspecified atom stereocenters. The Bertz CT molecular complexity index is 1220. The Morgan fingerprint density at radius 1 is 1.22 bits per heavy atom. The fraction of sp³-hybridized carbons (Fsp3) is 0.654. The van der Waals surface area contributed by atoms with Crippen LogP contribution in [0.1, 0.15) is 47.0 Å². The molecule has 0 aliphatic carbocycles. The number of rotatable bonds is 9. The summed E-state index contributed by atoms with van der Waals surface area (Å²) < 4.78 is 8.19. The Morgan fingerprint density at radius 3 is 2.68 bits per heavy atom. The van der Waals surface area contributed by atoms with Crippen LogP contribution in [0.25, 0.3) is 11.0 Å². The number of benzene rings is 1. The van der Waals surface area contributed by atoms with E-state index < -0.39 is 41.0 Å². The smallest absolute Gasteiger partial charge is 0.247 e. The van der Waals surface area contributed by atoms with Gasteiger partial charge in [-0.25, -0.2) is 4.68 Å². The topological polar surface area (TPSA) is 139 Å². The number of nitrogens with zero attached hydrogens (tertiary/aromatic N) is 4. The molecule has 3 saturated heterocycles. The van der Waals surface area contributed by atoms with E-state index in [0.29, 0.717) is 24.9 Å². The van der Waals surface area contributed by atoms with Gasteiger partial charge in [-0.1, -0.05) is 38.1 Å². The molecule has 3 aliphatic rings. The molecule has 3 N–H and O–H groups in total. The van der Waals surface area contributed by atoms with Crippen molar-refractivity contribution in [3.63, 3.8) is 0 Å². The SMILES string of the molecule is CCCNC(=O)[C@@H]1[C@H]2C(=O)N([C@@H](CO)C(C)C)C(C(=O)NCn3nnc4ccccc43)C23CC[C@@]1(C)O3. The van der Waals surface area contributed by atoms with Crippen LogP contribution < -0.4 is 10.6 Å². The molecule has 2 aromatic rings. The molecule has 1 spiro atoms. The van der Waals surface area contributed by atoms with Crippen LogP contribution in [-0.4, -0.2) is 79.2 Å². The van der Waals surface area contributed by atoms with Crippen molar-refractivity contribution in [3.8, 4) is 0 Å². The molecule has 3 aliphatic heterocycles. The molecule has 37 heavy (non-hydrogen) atoms. The van der Waals surface area contributed by atoms with Crippen molar-refractivity contribution in [1.82, 2.24) is 30.5 Å². The second-order valence-electron chi connectivity index (χ2n) is 11.0. The van der Waals surface area contributed by atoms with Crippen molar-refractivity contribution in [2.75, 3.05) is 13.2 Å². The first-order valence-electron chi connectivity index (χ1n) is 13.2. The number of likely N-dealkylation sites (tertiary alicyclic amines) is 1. The first-order valence-corrected chi connectivity index (χ1v) is 13.2. The van der Waals surface area contributed by atoms with Crippen molar-refractivity contribution in [1.29, 1.82) is 0 Å². The number of carbonyl (C=O) groups excluding carboxylic acids is 3. The summed E-state index contributed by atoms with van der Waals surface area (Å²) in [6.07, 6.45) is 1.82. The molecule has 11 nitrogen and oxygen atoms in total. The van der Waals surface area contributed by atoms with Gasteiger partial charge in [0.2, 0.25) is 17.7 Å². The zero-order valence-electron chi connectivity index (χ0n) is 21.8. The summed E-state index contributed by atoms with van der Waals surface area (Å²) in [7, 11) is 0. The molecule has 1 aromatic heterocycles. The first-order chi connectivity index (χ1) is 17.7. The van der Waals surface area contributed by atoms with E-state index in [1.54, 1.807) is 4.68 Å². The fourth-order valence-electron chi connectivity index (χ4n) is 6.68. The normalized spacial score (nSPS) is 31.2. The van der Waals surface area contributed by atoms with Gasteiger partial charge in [-0.2, -0.15) is 0 Å². The van der Waals surface area contributed by atoms with Gasteiger partial charge in [-0.05, 0) is 44.2 Å². The van der Waals surface area contributed by atoms with Gasteiger partial charge in [-0.15, -0.1) is 5.10 Å². The molecule has 0 radical (unpaired) electrons. The number of aliphatic hydroxyl groups excluding tert-OH is 1. The maximum atomic E-state index is 14.1. The lowest BCUT2D eigenvalue weighted by Crippen LogP contribution is -2.59. The van der Waals surface area contributed by atoms with Crippen LogP contribution in [-0.2, 0) is 25.8 Å². The summed E-state index contributed by atoms with van der Waals surface area (Å²) in [5, 5.41) is 24.4. The monoisotopic (exact) mass is 512 g/mol. The number of aliphatic hydroxyl groups is 1. The van der Waals surface area contributed by atoms with E-state index in [4.69, 9.17) is 4.74 Å². The summed E-state index contributed by atoms with van der Waals surface area (Å²) in [4.78, 5) is 42.8. The molecule has 11 heteroatoms. The predicted molar refractivity (Wildman–Crippen MR) is 134 cm³/mol. The number of hydrogen-bond acceptors (Lipinski definition) is 7. The number of amides is 3. The van der Waals surface area contributed by atoms with E-state index in [-0.39, 0.29) is 31.0 Å². The second kappa shape index (κ2) is 9.36. The fourth-order valence-corrected chi connectivity index (χ4v) is 6.68. The van der Waals surface area contributed by atoms with Gasteiger partial charge in [0.1, 0.15) is 23.8 Å². The molecule has 200 valence electrons. The van der Waals surface area contributed by atoms with E-state index in [1.165, 1.54) is 4.90 Å². The van der Waals surface area contributed by atoms with Gasteiger partial charge >= 0.3 is 0 Å². The number of ether oxygens (including phenoxy) is 1. The van der Waals surface area contributed by atoms with Crippen molar-refractivity contribution in [3.05, 3.63) is 24.3 Å². The largest absolute Gasteiger partial charge is 0.394 e. The molecule has 3 amide bonds. The minimum atomic E-state index is -1.14. The Labute approximate surface area is 215 Å². The lowest BCUT2D eigenvalue weighted by Gasteiger charge is -2.38. The third-order valence-electron chi connectivity index (χ3n) is 8.43. The van der Waals surface area contributed by atoms with E-state index in [9.17, 15) is 19.5 Å². The zero-order valence-corrected chi connectivity index (χ0v) is 21.8. The minimum Gasteiger partial charge on any atom is -0.394 e. The molecular weight excluding hydrogens is 476 g/mol. The van der Waals surface area contributed by atoms with Crippen molar-refractivity contribution >= 4 is 28.8 Å². The van der Waals surface area contributed by atoms with Crippen LogP contribution in [0, 0.1) is 17.8 Å². The number of aromatic nitrogens is 3. The molecule has 4 heterocycles. The molecule has 5 rings (SSSR count). The predicted octanol–water partition coefficient (Wildman–Crippen LogP) is 0.813. The van der Waals surface area contributed by atoms with Crippen LogP contribution in [0.2, 0.25) is 0 Å². The maximum absolute atomic E-state index is 14.1. The Hall–Kier alpha value is -3.05. The van der Waals surface area contributed by atoms with Crippen molar-refractivity contribution in [2.45, 2.75) is 76.9 Å². The maximum Gasteiger partial charge on any atom is 0.247 e. The molecule has 2 bridgehead atoms. The van der Waals surface area contributed by atoms with Crippen LogP contribution in [0.3, 0.4) is 0 Å². The van der Waals surface area contributed by atoms with Crippen LogP contribution in [0.5, 0.6) is 0 Å². The van der Waals surface area contributed by atoms with Crippen molar-refractivity contribution < 1.29 is 24.2 Å². The first kappa shape index (κ1) is 25.6. The number of para-hydroxylation sites is 1. The Balaban J connectivity index is 1.50. The third-order valence-corrected chi connectivity index (χ3v) is 8.43. The highest BCUT2D eigenvalue weighted by Crippen LogP contribution is 2.63. The summed E-state index contributed by atoms with van der Waals surface area (Å²) >= 11 is 0. The number of nitrogens with one attached hydrogen (secondary N) is 2. The Morgan fingerprint density at radius 2 is 1.97 bits per heavy atom. The summed E-state index contributed by atoms with van der Waals surface area (Å²) in [5.74, 6) is -2.53. The Kier molecular flexibility index (Phi) is 6.47. The van der Waals surface area contributed by atoms with Gasteiger partial charge in [0.05, 0.1) is 35.6 Å². The highest BCUT2D eigenvalue weighted by molar-refractivity contribution is 5.99. The van der Waals surface area contributed by atoms with Gasteiger partial charge in [0.25, 0.3) is 0 Å². The van der Waals surface area contributed by atoms with E-state index in [1.807, 2.05) is 52.0 Å². The number of fused-ring (bicyclic) bond motifs is 2. The van der Waals surface area contributed by atoms with Gasteiger partial charge in [-0.3, -0.25) is 14.4 Å². The standard InChI is InChI=1S/C26H36N6O5/c1-5-12-27-22(34)19-20-24(36)32(18(13-33)15(2)3)21(26(20)11-10-25(19,4)37-26)23(35)28-14-31-17-9-7-6-8-16(17)29-30-31/h6-9,15,18-21,33H,5,10-14H2,1-4H3,(H,27,34)(H,28,35)/t18-,19-,20-,21?,25+,26?/m0/s1. The molecule has 1 aromatic carbocycles. The quantitative estimate of drug-likeness (QED) is 0.452. The minimum absolute atomic E-state index is 0.0573. The number of carbonyl (C=O) groups is 3.